The molecule has 10 heteroatoms. The Hall–Kier alpha value is -3.29. The molecule has 0 spiro atoms. The number of pyridine rings is 1. The van der Waals surface area contributed by atoms with Gasteiger partial charge in [-0.1, -0.05) is 0 Å². The van der Waals surface area contributed by atoms with Gasteiger partial charge in [0.15, 0.2) is 0 Å². The summed E-state index contributed by atoms with van der Waals surface area (Å²) in [6.07, 6.45) is 5.83. The van der Waals surface area contributed by atoms with Crippen LogP contribution in [-0.2, 0) is 21.6 Å². The molecule has 0 aliphatic carbocycles. The fraction of sp³-hybridized carbons (Fsp3) is 0.476. The maximum atomic E-state index is 9.62. The van der Waals surface area contributed by atoms with E-state index in [1.54, 1.807) is 12.4 Å². The molecule has 0 bridgehead atoms. The Morgan fingerprint density at radius 1 is 1.45 bits per heavy atom. The molecule has 1 atom stereocenters. The molecule has 2 aromatic heterocycles. The van der Waals surface area contributed by atoms with Crippen molar-refractivity contribution in [2.24, 2.45) is 0 Å². The number of anilines is 2. The van der Waals surface area contributed by atoms with Crippen LogP contribution in [0.1, 0.15) is 50.4 Å². The van der Waals surface area contributed by atoms with E-state index in [9.17, 15) is 5.26 Å². The number of carbonyl (C=O) groups is 1. The number of nitrogens with two attached hydrogens (primary N) is 1. The highest BCUT2D eigenvalue weighted by atomic mass is 16.5. The zero-order valence-corrected chi connectivity index (χ0v) is 17.9. The van der Waals surface area contributed by atoms with Crippen LogP contribution in [0, 0.1) is 11.3 Å². The number of hydrogen-bond acceptors (Lipinski definition) is 9. The lowest BCUT2D eigenvalue weighted by molar-refractivity contribution is -0.134. The number of hydrogen-bond donors (Lipinski definition) is 4. The van der Waals surface area contributed by atoms with Crippen LogP contribution in [0.15, 0.2) is 12.4 Å². The molecule has 1 unspecified atom stereocenters. The predicted molar refractivity (Wildman–Crippen MR) is 115 cm³/mol. The summed E-state index contributed by atoms with van der Waals surface area (Å²) in [7, 11) is 0. The zero-order valence-electron chi connectivity index (χ0n) is 17.9. The van der Waals surface area contributed by atoms with Gasteiger partial charge in [0.2, 0.25) is 5.95 Å². The minimum absolute atomic E-state index is 0.218. The van der Waals surface area contributed by atoms with E-state index in [4.69, 9.17) is 20.4 Å². The third-order valence-electron chi connectivity index (χ3n) is 5.19. The first-order chi connectivity index (χ1) is 14.7. The van der Waals surface area contributed by atoms with Gasteiger partial charge in [0, 0.05) is 50.1 Å². The summed E-state index contributed by atoms with van der Waals surface area (Å²) < 4.78 is 5.60. The second kappa shape index (κ2) is 9.24. The van der Waals surface area contributed by atoms with E-state index in [0.29, 0.717) is 24.6 Å². The van der Waals surface area contributed by atoms with Crippen molar-refractivity contribution in [3.8, 4) is 17.2 Å². The second-order valence-electron chi connectivity index (χ2n) is 7.99. The molecule has 0 amide bonds. The molecule has 0 aromatic carbocycles. The van der Waals surface area contributed by atoms with Crippen molar-refractivity contribution in [1.82, 2.24) is 20.3 Å². The quantitative estimate of drug-likeness (QED) is 0.570. The number of carboxylic acid groups (broad SMARTS) is 1. The number of nitrogen functional groups attached to an aromatic ring is 1. The number of nitrogens with zero attached hydrogens (tertiary/aromatic N) is 4. The number of aliphatic carboxylic acids is 1. The lowest BCUT2D eigenvalue weighted by Crippen LogP contribution is -2.29. The average molecular weight is 425 g/mol. The Morgan fingerprint density at radius 2 is 2.13 bits per heavy atom. The summed E-state index contributed by atoms with van der Waals surface area (Å²) in [6, 6.07) is 2.19. The normalized spacial score (nSPS) is 18.5. The summed E-state index contributed by atoms with van der Waals surface area (Å²) >= 11 is 0. The van der Waals surface area contributed by atoms with Gasteiger partial charge in [-0.2, -0.15) is 5.26 Å². The maximum Gasteiger partial charge on any atom is 0.300 e. The second-order valence-corrected chi connectivity index (χ2v) is 7.99. The van der Waals surface area contributed by atoms with Gasteiger partial charge in [-0.15, -0.1) is 0 Å². The average Bonchev–Trinajstić information content (AvgIpc) is 3.34. The van der Waals surface area contributed by atoms with Crippen molar-refractivity contribution in [2.45, 2.75) is 51.8 Å². The first-order valence-electron chi connectivity index (χ1n) is 10.1. The maximum absolute atomic E-state index is 9.62. The highest BCUT2D eigenvalue weighted by molar-refractivity contribution is 5.79. The van der Waals surface area contributed by atoms with Crippen molar-refractivity contribution in [2.75, 3.05) is 24.2 Å². The van der Waals surface area contributed by atoms with E-state index in [0.717, 1.165) is 48.8 Å². The standard InChI is InChI=1S/C19H23N7O.C2H4O2/c1-19(2)16-14(10-25-19)15(13(6-20)17(21)26-16)11-7-22-18(23-8-11)24-9-12-4-3-5-27-12;1-2(3)4/h7-8,12,25H,3-5,9-10H2,1-2H3,(H2,21,26)(H,22,23,24);1H3,(H,3,4). The Balaban J connectivity index is 0.000000628. The Labute approximate surface area is 180 Å². The number of rotatable bonds is 4. The molecule has 0 radical (unpaired) electrons. The first kappa shape index (κ1) is 22.4. The van der Waals surface area contributed by atoms with E-state index in [2.05, 4.69) is 45.5 Å². The Bertz CT molecular complexity index is 990. The van der Waals surface area contributed by atoms with Crippen molar-refractivity contribution in [3.63, 3.8) is 0 Å². The number of carboxylic acids is 1. The molecule has 10 nitrogen and oxygen atoms in total. The smallest absolute Gasteiger partial charge is 0.300 e. The van der Waals surface area contributed by atoms with Crippen LogP contribution in [0.4, 0.5) is 11.8 Å². The molecular weight excluding hydrogens is 398 g/mol. The molecule has 1 fully saturated rings. The van der Waals surface area contributed by atoms with E-state index in [-0.39, 0.29) is 17.5 Å². The number of aromatic nitrogens is 3. The minimum atomic E-state index is -0.833. The number of ether oxygens (including phenoxy) is 1. The third-order valence-corrected chi connectivity index (χ3v) is 5.19. The third kappa shape index (κ3) is 5.07. The van der Waals surface area contributed by atoms with E-state index in [1.807, 2.05) is 0 Å². The van der Waals surface area contributed by atoms with Crippen LogP contribution in [-0.4, -0.2) is 45.3 Å². The van der Waals surface area contributed by atoms with E-state index >= 15 is 0 Å². The Morgan fingerprint density at radius 3 is 2.71 bits per heavy atom. The van der Waals surface area contributed by atoms with Gasteiger partial charge >= 0.3 is 0 Å². The van der Waals surface area contributed by atoms with Crippen molar-refractivity contribution in [1.29, 1.82) is 5.26 Å². The van der Waals surface area contributed by atoms with Gasteiger partial charge in [-0.05, 0) is 32.3 Å². The molecule has 0 saturated carbocycles. The first-order valence-corrected chi connectivity index (χ1v) is 10.1. The van der Waals surface area contributed by atoms with Gasteiger partial charge in [0.05, 0.1) is 17.3 Å². The topological polar surface area (TPSA) is 159 Å². The molecule has 31 heavy (non-hydrogen) atoms. The van der Waals surface area contributed by atoms with Gasteiger partial charge in [-0.25, -0.2) is 15.0 Å². The van der Waals surface area contributed by atoms with Crippen molar-refractivity contribution >= 4 is 17.7 Å². The number of nitriles is 1. The summed E-state index contributed by atoms with van der Waals surface area (Å²) in [5, 5.41) is 23.7. The Kier molecular flexibility index (Phi) is 6.68. The molecule has 4 heterocycles. The molecule has 1 saturated heterocycles. The SMILES string of the molecule is CC(=O)O.CC1(C)NCc2c1nc(N)c(C#N)c2-c1cnc(NCC2CCCO2)nc1. The van der Waals surface area contributed by atoms with E-state index < -0.39 is 5.97 Å². The monoisotopic (exact) mass is 425 g/mol. The van der Waals surface area contributed by atoms with E-state index in [1.165, 1.54) is 0 Å². The highest BCUT2D eigenvalue weighted by Crippen LogP contribution is 2.39. The molecule has 4 rings (SSSR count). The largest absolute Gasteiger partial charge is 0.481 e. The lowest BCUT2D eigenvalue weighted by Gasteiger charge is -2.19. The molecule has 164 valence electrons. The van der Waals surface area contributed by atoms with Crippen molar-refractivity contribution < 1.29 is 14.6 Å². The lowest BCUT2D eigenvalue weighted by atomic mass is 9.92. The number of fused-ring (bicyclic) bond motifs is 1. The number of nitrogens with one attached hydrogen (secondary N) is 2. The van der Waals surface area contributed by atoms with Gasteiger partial charge in [-0.3, -0.25) is 4.79 Å². The fourth-order valence-electron chi connectivity index (χ4n) is 3.71. The van der Waals surface area contributed by atoms with Crippen LogP contribution in [0.5, 0.6) is 0 Å². The van der Waals surface area contributed by atoms with Crippen LogP contribution in [0.2, 0.25) is 0 Å². The molecule has 2 aliphatic rings. The predicted octanol–water partition coefficient (Wildman–Crippen LogP) is 2.01. The van der Waals surface area contributed by atoms with Crippen LogP contribution in [0.3, 0.4) is 0 Å². The summed E-state index contributed by atoms with van der Waals surface area (Å²) in [5.74, 6) is -0.0477. The van der Waals surface area contributed by atoms with Gasteiger partial charge in [0.1, 0.15) is 17.5 Å². The molecule has 2 aliphatic heterocycles. The molecule has 5 N–H and O–H groups in total. The van der Waals surface area contributed by atoms with Gasteiger partial charge in [0.25, 0.3) is 5.97 Å². The fourth-order valence-corrected chi connectivity index (χ4v) is 3.71. The van der Waals surface area contributed by atoms with Crippen LogP contribution < -0.4 is 16.4 Å². The highest BCUT2D eigenvalue weighted by Gasteiger charge is 2.35. The summed E-state index contributed by atoms with van der Waals surface area (Å²) in [4.78, 5) is 22.3. The summed E-state index contributed by atoms with van der Waals surface area (Å²) in [5.41, 5.74) is 9.54. The van der Waals surface area contributed by atoms with Crippen LogP contribution >= 0.6 is 0 Å². The summed E-state index contributed by atoms with van der Waals surface area (Å²) in [6.45, 7) is 7.32. The molecule has 2 aromatic rings. The van der Waals surface area contributed by atoms with Gasteiger partial charge < -0.3 is 26.2 Å². The zero-order chi connectivity index (χ0) is 22.6. The minimum Gasteiger partial charge on any atom is -0.481 e. The van der Waals surface area contributed by atoms with Crippen molar-refractivity contribution in [3.05, 3.63) is 29.2 Å². The molecular formula is C21H27N7O3. The van der Waals surface area contributed by atoms with Crippen LogP contribution in [0.25, 0.3) is 11.1 Å².